The Bertz CT molecular complexity index is 891. The summed E-state index contributed by atoms with van der Waals surface area (Å²) in [6, 6.07) is 32.2. The van der Waals surface area contributed by atoms with Gasteiger partial charge in [-0.05, 0) is 31.2 Å². The van der Waals surface area contributed by atoms with Crippen LogP contribution >= 0.6 is 0 Å². The van der Waals surface area contributed by atoms with Crippen LogP contribution in [0.3, 0.4) is 0 Å². The summed E-state index contributed by atoms with van der Waals surface area (Å²) in [6.07, 6.45) is 3.62. The first-order valence-electron chi connectivity index (χ1n) is 10.1. The Labute approximate surface area is 188 Å². The summed E-state index contributed by atoms with van der Waals surface area (Å²) < 4.78 is 4.31. The summed E-state index contributed by atoms with van der Waals surface area (Å²) in [5, 5.41) is 0. The lowest BCUT2D eigenvalue weighted by molar-refractivity contribution is -0.145. The van der Waals surface area contributed by atoms with E-state index in [1.54, 1.807) is 0 Å². The predicted molar refractivity (Wildman–Crippen MR) is 127 cm³/mol. The third-order valence-corrected chi connectivity index (χ3v) is 3.95. The van der Waals surface area contributed by atoms with Crippen LogP contribution in [-0.2, 0) is 14.3 Å². The number of Topliss-reactive ketones (excluding diaryl/α,β-unsaturated/α-hetero) is 1. The molecule has 2 aromatic heterocycles. The normalized spacial score (nSPS) is 9.31. The number of nitrogens with zero attached hydrogens (tertiary/aromatic N) is 2. The average Bonchev–Trinajstić information content (AvgIpc) is 2.86. The molecule has 162 valence electrons. The molecule has 5 heteroatoms. The van der Waals surface area contributed by atoms with Gasteiger partial charge in [0, 0.05) is 30.4 Å². The van der Waals surface area contributed by atoms with Crippen molar-refractivity contribution < 1.29 is 14.3 Å². The number of hydrogen-bond acceptors (Lipinski definition) is 5. The summed E-state index contributed by atoms with van der Waals surface area (Å²) in [4.78, 5) is 28.5. The first-order chi connectivity index (χ1) is 15.6. The van der Waals surface area contributed by atoms with Crippen molar-refractivity contribution in [1.82, 2.24) is 9.97 Å². The Balaban J connectivity index is 0.000000175. The first kappa shape index (κ1) is 24.2. The zero-order chi connectivity index (χ0) is 23.0. The summed E-state index contributed by atoms with van der Waals surface area (Å²) in [7, 11) is 0. The number of carbonyl (C=O) groups is 2. The van der Waals surface area contributed by atoms with Crippen LogP contribution in [0.25, 0.3) is 22.5 Å². The van der Waals surface area contributed by atoms with E-state index in [0.717, 1.165) is 22.5 Å². The van der Waals surface area contributed by atoms with E-state index in [2.05, 4.69) is 39.0 Å². The fourth-order valence-corrected chi connectivity index (χ4v) is 2.49. The summed E-state index contributed by atoms with van der Waals surface area (Å²) >= 11 is 0. The van der Waals surface area contributed by atoms with Crippen molar-refractivity contribution in [1.29, 1.82) is 0 Å². The molecule has 0 saturated heterocycles. The van der Waals surface area contributed by atoms with E-state index >= 15 is 0 Å². The minimum atomic E-state index is -0.416. The molecule has 2 aromatic carbocycles. The lowest BCUT2D eigenvalue weighted by Gasteiger charge is -1.97. The Kier molecular flexibility index (Phi) is 10.6. The first-order valence-corrected chi connectivity index (χ1v) is 10.1. The van der Waals surface area contributed by atoms with Gasteiger partial charge in [0.05, 0.1) is 11.4 Å². The molecular weight excluding hydrogens is 400 g/mol. The van der Waals surface area contributed by atoms with Crippen molar-refractivity contribution in [2.24, 2.45) is 0 Å². The van der Waals surface area contributed by atoms with Crippen molar-refractivity contribution in [2.75, 3.05) is 6.61 Å². The standard InChI is InChI=1S/2C11H9N.C5H8O3/c2*1-2-6-10(7-3-1)11-8-4-5-9-12-11;1-4(6)3-8-5(2)7/h2*1-9H;3H2,1-2H3. The molecule has 0 unspecified atom stereocenters. The number of pyridine rings is 2. The quantitative estimate of drug-likeness (QED) is 0.395. The van der Waals surface area contributed by atoms with Crippen molar-refractivity contribution >= 4 is 11.8 Å². The van der Waals surface area contributed by atoms with E-state index in [9.17, 15) is 9.59 Å². The molecule has 4 aromatic rings. The molecule has 0 atom stereocenters. The van der Waals surface area contributed by atoms with Crippen LogP contribution in [0.5, 0.6) is 0 Å². The Hall–Kier alpha value is -4.12. The van der Waals surface area contributed by atoms with Crippen LogP contribution in [0.15, 0.2) is 109 Å². The molecule has 0 aliphatic carbocycles. The van der Waals surface area contributed by atoms with Gasteiger partial charge in [-0.3, -0.25) is 19.6 Å². The molecular formula is C27H26N2O3. The molecule has 0 amide bonds. The van der Waals surface area contributed by atoms with E-state index in [1.807, 2.05) is 85.2 Å². The van der Waals surface area contributed by atoms with Crippen LogP contribution < -0.4 is 0 Å². The van der Waals surface area contributed by atoms with Crippen LogP contribution in [0.4, 0.5) is 0 Å². The van der Waals surface area contributed by atoms with Crippen molar-refractivity contribution in [2.45, 2.75) is 13.8 Å². The third kappa shape index (κ3) is 9.59. The van der Waals surface area contributed by atoms with E-state index in [1.165, 1.54) is 13.8 Å². The molecule has 0 spiro atoms. The van der Waals surface area contributed by atoms with Crippen LogP contribution in [0.1, 0.15) is 13.8 Å². The van der Waals surface area contributed by atoms with Crippen LogP contribution in [0.2, 0.25) is 0 Å². The second-order valence-corrected chi connectivity index (χ2v) is 6.64. The summed E-state index contributed by atoms with van der Waals surface area (Å²) in [5.74, 6) is -0.555. The number of aromatic nitrogens is 2. The van der Waals surface area contributed by atoms with Crippen molar-refractivity contribution in [3.05, 3.63) is 109 Å². The highest BCUT2D eigenvalue weighted by Gasteiger charge is 1.95. The number of ether oxygens (including phenoxy) is 1. The van der Waals surface area contributed by atoms with Crippen LogP contribution in [0, 0.1) is 0 Å². The van der Waals surface area contributed by atoms with Crippen molar-refractivity contribution in [3.8, 4) is 22.5 Å². The monoisotopic (exact) mass is 426 g/mol. The average molecular weight is 427 g/mol. The number of carbonyl (C=O) groups excluding carboxylic acids is 2. The molecule has 0 bridgehead atoms. The van der Waals surface area contributed by atoms with Gasteiger partial charge < -0.3 is 4.74 Å². The van der Waals surface area contributed by atoms with Gasteiger partial charge in [-0.25, -0.2) is 0 Å². The highest BCUT2D eigenvalue weighted by atomic mass is 16.5. The van der Waals surface area contributed by atoms with Crippen molar-refractivity contribution in [3.63, 3.8) is 0 Å². The molecule has 32 heavy (non-hydrogen) atoms. The van der Waals surface area contributed by atoms with Gasteiger partial charge in [0.15, 0.2) is 5.78 Å². The lowest BCUT2D eigenvalue weighted by Crippen LogP contribution is -2.07. The molecule has 4 rings (SSSR count). The van der Waals surface area contributed by atoms with Gasteiger partial charge in [-0.1, -0.05) is 72.8 Å². The largest absolute Gasteiger partial charge is 0.458 e. The molecule has 0 aliphatic rings. The number of ketones is 1. The fourth-order valence-electron chi connectivity index (χ4n) is 2.49. The van der Waals surface area contributed by atoms with Gasteiger partial charge in [0.25, 0.3) is 0 Å². The zero-order valence-electron chi connectivity index (χ0n) is 18.2. The number of hydrogen-bond donors (Lipinski definition) is 0. The molecule has 0 radical (unpaired) electrons. The maximum Gasteiger partial charge on any atom is 0.303 e. The Morgan fingerprint density at radius 1 is 0.625 bits per heavy atom. The minimum Gasteiger partial charge on any atom is -0.458 e. The Morgan fingerprint density at radius 3 is 1.31 bits per heavy atom. The van der Waals surface area contributed by atoms with Crippen LogP contribution in [-0.4, -0.2) is 28.3 Å². The fraction of sp³-hybridized carbons (Fsp3) is 0.111. The molecule has 5 nitrogen and oxygen atoms in total. The zero-order valence-corrected chi connectivity index (χ0v) is 18.2. The van der Waals surface area contributed by atoms with E-state index in [4.69, 9.17) is 0 Å². The SMILES string of the molecule is CC(=O)COC(C)=O.c1ccc(-c2ccccn2)cc1.c1ccc(-c2ccccn2)cc1. The number of esters is 1. The smallest absolute Gasteiger partial charge is 0.303 e. The van der Waals surface area contributed by atoms with Gasteiger partial charge in [0.2, 0.25) is 0 Å². The van der Waals surface area contributed by atoms with E-state index in [-0.39, 0.29) is 12.4 Å². The van der Waals surface area contributed by atoms with E-state index < -0.39 is 5.97 Å². The number of benzene rings is 2. The summed E-state index contributed by atoms with van der Waals surface area (Å²) in [5.41, 5.74) is 4.38. The van der Waals surface area contributed by atoms with Gasteiger partial charge in [-0.2, -0.15) is 0 Å². The maximum atomic E-state index is 10.1. The molecule has 0 aliphatic heterocycles. The van der Waals surface area contributed by atoms with Gasteiger partial charge >= 0.3 is 5.97 Å². The predicted octanol–water partition coefficient (Wildman–Crippen LogP) is 5.64. The highest BCUT2D eigenvalue weighted by Crippen LogP contribution is 2.15. The lowest BCUT2D eigenvalue weighted by atomic mass is 10.1. The molecule has 0 N–H and O–H groups in total. The highest BCUT2D eigenvalue weighted by molar-refractivity contribution is 5.79. The minimum absolute atomic E-state index is 0.102. The Morgan fingerprint density at radius 2 is 1.03 bits per heavy atom. The van der Waals surface area contributed by atoms with E-state index in [0.29, 0.717) is 0 Å². The topological polar surface area (TPSA) is 69.2 Å². The maximum absolute atomic E-state index is 10.1. The second-order valence-electron chi connectivity index (χ2n) is 6.64. The third-order valence-electron chi connectivity index (χ3n) is 3.95. The summed E-state index contributed by atoms with van der Waals surface area (Å²) in [6.45, 7) is 2.53. The second kappa shape index (κ2) is 14.0. The molecule has 2 heterocycles. The number of rotatable bonds is 4. The molecule has 0 fully saturated rings. The van der Waals surface area contributed by atoms with Gasteiger partial charge in [-0.15, -0.1) is 0 Å². The molecule has 0 saturated carbocycles. The van der Waals surface area contributed by atoms with Gasteiger partial charge in [0.1, 0.15) is 6.61 Å².